The van der Waals surface area contributed by atoms with Crippen molar-refractivity contribution in [2.45, 2.75) is 58.5 Å². The summed E-state index contributed by atoms with van der Waals surface area (Å²) >= 11 is 0. The number of benzene rings is 2. The lowest BCUT2D eigenvalue weighted by Gasteiger charge is -2.38. The molecule has 0 spiro atoms. The Bertz CT molecular complexity index is 784. The van der Waals surface area contributed by atoms with Crippen LogP contribution in [0.2, 0.25) is 0 Å². The molecule has 146 valence electrons. The second-order valence-corrected chi connectivity index (χ2v) is 7.59. The summed E-state index contributed by atoms with van der Waals surface area (Å²) in [5, 5.41) is 5.18. The summed E-state index contributed by atoms with van der Waals surface area (Å²) in [5.41, 5.74) is 0.0991. The molecular weight excluding hydrogens is 338 g/mol. The molecule has 0 heterocycles. The minimum atomic E-state index is -0.717. The van der Waals surface area contributed by atoms with Crippen LogP contribution in [0.3, 0.4) is 0 Å². The molecular formula is C23H31NO3. The van der Waals surface area contributed by atoms with E-state index in [1.807, 2.05) is 43.3 Å². The van der Waals surface area contributed by atoms with Crippen molar-refractivity contribution in [1.29, 1.82) is 0 Å². The molecule has 0 bridgehead atoms. The van der Waals surface area contributed by atoms with Crippen LogP contribution in [-0.2, 0) is 9.53 Å². The SMILES string of the molecule is CCCOc1ccc(NC(=O)C2(OCC)CCCC(C)C2)c2ccccc12. The van der Waals surface area contributed by atoms with Crippen LogP contribution in [0.4, 0.5) is 5.69 Å². The van der Waals surface area contributed by atoms with Crippen molar-refractivity contribution < 1.29 is 14.3 Å². The highest BCUT2D eigenvalue weighted by atomic mass is 16.5. The van der Waals surface area contributed by atoms with Gasteiger partial charge in [0.2, 0.25) is 0 Å². The van der Waals surface area contributed by atoms with Gasteiger partial charge >= 0.3 is 0 Å². The van der Waals surface area contributed by atoms with Gasteiger partial charge in [-0.1, -0.05) is 44.5 Å². The standard InChI is InChI=1S/C23H31NO3/c1-4-15-26-21-13-12-20(18-10-6-7-11-19(18)21)24-22(25)23(27-5-2)14-8-9-17(3)16-23/h6-7,10-13,17H,4-5,8-9,14-16H2,1-3H3,(H,24,25). The van der Waals surface area contributed by atoms with E-state index in [-0.39, 0.29) is 5.91 Å². The van der Waals surface area contributed by atoms with E-state index in [1.54, 1.807) is 0 Å². The lowest BCUT2D eigenvalue weighted by Crippen LogP contribution is -2.48. The van der Waals surface area contributed by atoms with Crippen molar-refractivity contribution in [1.82, 2.24) is 0 Å². The van der Waals surface area contributed by atoms with Gasteiger partial charge in [-0.25, -0.2) is 0 Å². The summed E-state index contributed by atoms with van der Waals surface area (Å²) < 4.78 is 11.9. The highest BCUT2D eigenvalue weighted by Gasteiger charge is 2.42. The van der Waals surface area contributed by atoms with E-state index in [2.05, 4.69) is 19.2 Å². The quantitative estimate of drug-likeness (QED) is 0.696. The van der Waals surface area contributed by atoms with Crippen LogP contribution in [-0.4, -0.2) is 24.7 Å². The zero-order valence-corrected chi connectivity index (χ0v) is 16.7. The molecule has 4 nitrogen and oxygen atoms in total. The van der Waals surface area contributed by atoms with Crippen LogP contribution in [0.15, 0.2) is 36.4 Å². The van der Waals surface area contributed by atoms with E-state index in [0.717, 1.165) is 54.3 Å². The molecule has 2 atom stereocenters. The topological polar surface area (TPSA) is 47.6 Å². The molecule has 1 fully saturated rings. The summed E-state index contributed by atoms with van der Waals surface area (Å²) in [6.07, 6.45) is 4.71. The zero-order valence-electron chi connectivity index (χ0n) is 16.7. The third-order valence-electron chi connectivity index (χ3n) is 5.38. The Hall–Kier alpha value is -2.07. The number of hydrogen-bond donors (Lipinski definition) is 1. The molecule has 3 rings (SSSR count). The largest absolute Gasteiger partial charge is 0.493 e. The molecule has 1 N–H and O–H groups in total. The monoisotopic (exact) mass is 369 g/mol. The Labute approximate surface area is 162 Å². The summed E-state index contributed by atoms with van der Waals surface area (Å²) in [6, 6.07) is 11.9. The predicted octanol–water partition coefficient (Wildman–Crippen LogP) is 5.55. The highest BCUT2D eigenvalue weighted by molar-refractivity contribution is 6.06. The minimum absolute atomic E-state index is 0.0247. The predicted molar refractivity (Wildman–Crippen MR) is 110 cm³/mol. The van der Waals surface area contributed by atoms with Gasteiger partial charge in [0.25, 0.3) is 5.91 Å². The first-order valence-corrected chi connectivity index (χ1v) is 10.2. The van der Waals surface area contributed by atoms with Gasteiger partial charge in [-0.3, -0.25) is 4.79 Å². The third-order valence-corrected chi connectivity index (χ3v) is 5.38. The van der Waals surface area contributed by atoms with E-state index in [9.17, 15) is 4.79 Å². The van der Waals surface area contributed by atoms with Gasteiger partial charge in [-0.05, 0) is 50.7 Å². The number of ether oxygens (including phenoxy) is 2. The van der Waals surface area contributed by atoms with Crippen LogP contribution in [0.25, 0.3) is 10.8 Å². The summed E-state index contributed by atoms with van der Waals surface area (Å²) in [7, 11) is 0. The maximum atomic E-state index is 13.3. The fraction of sp³-hybridized carbons (Fsp3) is 0.522. The van der Waals surface area contributed by atoms with E-state index >= 15 is 0 Å². The number of carbonyl (C=O) groups is 1. The van der Waals surface area contributed by atoms with Crippen LogP contribution in [0.1, 0.15) is 52.9 Å². The second kappa shape index (κ2) is 8.75. The van der Waals surface area contributed by atoms with Gasteiger partial charge in [-0.15, -0.1) is 0 Å². The van der Waals surface area contributed by atoms with Crippen molar-refractivity contribution in [3.63, 3.8) is 0 Å². The molecule has 2 aromatic rings. The first kappa shape index (κ1) is 19.7. The van der Waals surface area contributed by atoms with Crippen LogP contribution >= 0.6 is 0 Å². The summed E-state index contributed by atoms with van der Waals surface area (Å²) in [6.45, 7) is 7.49. The summed E-state index contributed by atoms with van der Waals surface area (Å²) in [5.74, 6) is 1.33. The molecule has 2 aromatic carbocycles. The van der Waals surface area contributed by atoms with Crippen molar-refractivity contribution >= 4 is 22.4 Å². The lowest BCUT2D eigenvalue weighted by atomic mass is 9.78. The van der Waals surface area contributed by atoms with E-state index in [0.29, 0.717) is 19.1 Å². The van der Waals surface area contributed by atoms with Crippen molar-refractivity contribution in [2.75, 3.05) is 18.5 Å². The number of carbonyl (C=O) groups excluding carboxylic acids is 1. The third kappa shape index (κ3) is 4.27. The minimum Gasteiger partial charge on any atom is -0.493 e. The second-order valence-electron chi connectivity index (χ2n) is 7.59. The maximum absolute atomic E-state index is 13.3. The lowest BCUT2D eigenvalue weighted by molar-refractivity contribution is -0.147. The molecule has 1 amide bonds. The molecule has 4 heteroatoms. The molecule has 2 unspecified atom stereocenters. The molecule has 0 aromatic heterocycles. The molecule has 1 aliphatic rings. The molecule has 1 aliphatic carbocycles. The zero-order chi connectivity index (χ0) is 19.3. The molecule has 1 saturated carbocycles. The van der Waals surface area contributed by atoms with E-state index < -0.39 is 5.60 Å². The number of hydrogen-bond acceptors (Lipinski definition) is 3. The van der Waals surface area contributed by atoms with Gasteiger partial charge in [-0.2, -0.15) is 0 Å². The van der Waals surface area contributed by atoms with Gasteiger partial charge in [0.1, 0.15) is 11.4 Å². The Morgan fingerprint density at radius 2 is 1.96 bits per heavy atom. The van der Waals surface area contributed by atoms with Gasteiger partial charge in [0.15, 0.2) is 0 Å². The van der Waals surface area contributed by atoms with Crippen LogP contribution in [0.5, 0.6) is 5.75 Å². The molecule has 0 saturated heterocycles. The highest BCUT2D eigenvalue weighted by Crippen LogP contribution is 2.38. The Morgan fingerprint density at radius 3 is 2.67 bits per heavy atom. The average Bonchev–Trinajstić information content (AvgIpc) is 2.67. The number of nitrogens with one attached hydrogen (secondary N) is 1. The Morgan fingerprint density at radius 1 is 1.19 bits per heavy atom. The van der Waals surface area contributed by atoms with E-state index in [1.165, 1.54) is 0 Å². The van der Waals surface area contributed by atoms with Crippen LogP contribution in [0, 0.1) is 5.92 Å². The molecule has 27 heavy (non-hydrogen) atoms. The normalized spacial score (nSPS) is 22.6. The molecule has 0 radical (unpaired) electrons. The van der Waals surface area contributed by atoms with Gasteiger partial charge < -0.3 is 14.8 Å². The number of amides is 1. The first-order chi connectivity index (χ1) is 13.1. The first-order valence-electron chi connectivity index (χ1n) is 10.2. The number of rotatable bonds is 7. The molecule has 0 aliphatic heterocycles. The summed E-state index contributed by atoms with van der Waals surface area (Å²) in [4.78, 5) is 13.3. The maximum Gasteiger partial charge on any atom is 0.256 e. The van der Waals surface area contributed by atoms with E-state index in [4.69, 9.17) is 9.47 Å². The van der Waals surface area contributed by atoms with Gasteiger partial charge in [0.05, 0.1) is 6.61 Å². The Balaban J connectivity index is 1.90. The number of anilines is 1. The van der Waals surface area contributed by atoms with Gasteiger partial charge in [0, 0.05) is 23.1 Å². The van der Waals surface area contributed by atoms with Crippen LogP contribution < -0.4 is 10.1 Å². The van der Waals surface area contributed by atoms with Crippen molar-refractivity contribution in [3.8, 4) is 5.75 Å². The van der Waals surface area contributed by atoms with Crippen molar-refractivity contribution in [3.05, 3.63) is 36.4 Å². The average molecular weight is 370 g/mol. The fourth-order valence-corrected chi connectivity index (χ4v) is 4.14. The number of fused-ring (bicyclic) bond motifs is 1. The fourth-order valence-electron chi connectivity index (χ4n) is 4.14. The Kier molecular flexibility index (Phi) is 6.38. The van der Waals surface area contributed by atoms with Crippen molar-refractivity contribution in [2.24, 2.45) is 5.92 Å². The smallest absolute Gasteiger partial charge is 0.256 e.